The van der Waals surface area contributed by atoms with Crippen molar-refractivity contribution < 1.29 is 0 Å². The van der Waals surface area contributed by atoms with E-state index < -0.39 is 0 Å². The number of unbranched alkanes of at least 4 members (excludes halogenated alkanes) is 5. The Balaban J connectivity index is 2.19. The van der Waals surface area contributed by atoms with Crippen LogP contribution in [0.1, 0.15) is 63.5 Å². The molecule has 0 amide bonds. The second kappa shape index (κ2) is 9.09. The van der Waals surface area contributed by atoms with Gasteiger partial charge in [0.25, 0.3) is 0 Å². The van der Waals surface area contributed by atoms with Gasteiger partial charge in [0, 0.05) is 6.04 Å². The van der Waals surface area contributed by atoms with Gasteiger partial charge >= 0.3 is 0 Å². The van der Waals surface area contributed by atoms with E-state index in [-0.39, 0.29) is 0 Å². The fraction of sp³-hybridized carbons (Fsp3) is 0.692. The van der Waals surface area contributed by atoms with Crippen LogP contribution in [-0.2, 0) is 0 Å². The van der Waals surface area contributed by atoms with Crippen molar-refractivity contribution in [1.29, 1.82) is 0 Å². The van der Waals surface area contributed by atoms with Crippen LogP contribution in [0.25, 0.3) is 0 Å². The Labute approximate surface area is 117 Å². The largest absolute Gasteiger partial charge is 0.271 e. The molecule has 0 radical (unpaired) electrons. The van der Waals surface area contributed by atoms with Gasteiger partial charge in [0.1, 0.15) is 0 Å². The van der Waals surface area contributed by atoms with Gasteiger partial charge in [-0.25, -0.2) is 0 Å². The summed E-state index contributed by atoms with van der Waals surface area (Å²) in [5, 5.41) is 2.17. The van der Waals surface area contributed by atoms with Gasteiger partial charge in [0.05, 0.1) is 3.79 Å². The van der Waals surface area contributed by atoms with Gasteiger partial charge in [-0.15, -0.1) is 11.3 Å². The number of nitrogens with one attached hydrogen (secondary N) is 1. The zero-order chi connectivity index (χ0) is 12.5. The first kappa shape index (κ1) is 15.2. The number of rotatable bonds is 9. The minimum atomic E-state index is 0.309. The highest BCUT2D eigenvalue weighted by Crippen LogP contribution is 2.27. The van der Waals surface area contributed by atoms with E-state index in [1.807, 2.05) is 0 Å². The SMILES string of the molecule is CCCCCCCCC(NN)c1csc(Br)c1. The maximum Gasteiger partial charge on any atom is 0.0701 e. The Bertz CT molecular complexity index is 301. The van der Waals surface area contributed by atoms with E-state index in [9.17, 15) is 0 Å². The fourth-order valence-corrected chi connectivity index (χ4v) is 3.21. The van der Waals surface area contributed by atoms with Crippen LogP contribution in [0.15, 0.2) is 15.2 Å². The smallest absolute Gasteiger partial charge is 0.0701 e. The lowest BCUT2D eigenvalue weighted by Gasteiger charge is -2.14. The van der Waals surface area contributed by atoms with Crippen molar-refractivity contribution in [2.45, 2.75) is 57.9 Å². The van der Waals surface area contributed by atoms with E-state index >= 15 is 0 Å². The topological polar surface area (TPSA) is 38.0 Å². The molecule has 0 fully saturated rings. The third-order valence-corrected chi connectivity index (χ3v) is 4.56. The average Bonchev–Trinajstić information content (AvgIpc) is 2.75. The van der Waals surface area contributed by atoms with Crippen LogP contribution in [0.4, 0.5) is 0 Å². The van der Waals surface area contributed by atoms with E-state index in [0.29, 0.717) is 6.04 Å². The Morgan fingerprint density at radius 3 is 2.59 bits per heavy atom. The third kappa shape index (κ3) is 6.00. The normalized spacial score (nSPS) is 12.9. The van der Waals surface area contributed by atoms with Crippen LogP contribution in [0, 0.1) is 0 Å². The highest BCUT2D eigenvalue weighted by atomic mass is 79.9. The van der Waals surface area contributed by atoms with Gasteiger partial charge in [0.15, 0.2) is 0 Å². The first-order valence-electron chi connectivity index (χ1n) is 6.48. The molecule has 98 valence electrons. The minimum Gasteiger partial charge on any atom is -0.271 e. The summed E-state index contributed by atoms with van der Waals surface area (Å²) >= 11 is 5.21. The lowest BCUT2D eigenvalue weighted by atomic mass is 10.0. The Kier molecular flexibility index (Phi) is 8.10. The van der Waals surface area contributed by atoms with Crippen LogP contribution in [0.3, 0.4) is 0 Å². The molecule has 0 saturated heterocycles. The minimum absolute atomic E-state index is 0.309. The third-order valence-electron chi connectivity index (χ3n) is 3.04. The zero-order valence-corrected chi connectivity index (χ0v) is 12.9. The van der Waals surface area contributed by atoms with Crippen LogP contribution in [-0.4, -0.2) is 0 Å². The molecule has 0 aliphatic heterocycles. The Morgan fingerprint density at radius 2 is 2.00 bits per heavy atom. The molecular formula is C13H23BrN2S. The summed E-state index contributed by atoms with van der Waals surface area (Å²) in [5.41, 5.74) is 4.22. The summed E-state index contributed by atoms with van der Waals surface area (Å²) in [6.07, 6.45) is 9.13. The zero-order valence-electron chi connectivity index (χ0n) is 10.5. The van der Waals surface area contributed by atoms with Crippen LogP contribution in [0.5, 0.6) is 0 Å². The molecule has 3 N–H and O–H groups in total. The van der Waals surface area contributed by atoms with Crippen molar-refractivity contribution in [3.05, 3.63) is 20.8 Å². The summed E-state index contributed by atoms with van der Waals surface area (Å²) in [7, 11) is 0. The van der Waals surface area contributed by atoms with Crippen molar-refractivity contribution in [2.75, 3.05) is 0 Å². The second-order valence-electron chi connectivity index (χ2n) is 4.46. The maximum atomic E-state index is 5.62. The van der Waals surface area contributed by atoms with Crippen molar-refractivity contribution in [3.8, 4) is 0 Å². The molecule has 0 aliphatic rings. The number of thiophene rings is 1. The molecule has 1 rings (SSSR count). The quantitative estimate of drug-likeness (QED) is 0.391. The van der Waals surface area contributed by atoms with Crippen LogP contribution in [0.2, 0.25) is 0 Å². The second-order valence-corrected chi connectivity index (χ2v) is 6.75. The molecule has 0 saturated carbocycles. The van der Waals surface area contributed by atoms with E-state index in [1.165, 1.54) is 47.9 Å². The number of hydrazine groups is 1. The molecule has 17 heavy (non-hydrogen) atoms. The molecule has 0 spiro atoms. The van der Waals surface area contributed by atoms with E-state index in [1.54, 1.807) is 11.3 Å². The standard InChI is InChI=1S/C13H23BrN2S/c1-2-3-4-5-6-7-8-12(16-15)11-9-13(14)17-10-11/h9-10,12,16H,2-8,15H2,1H3. The molecule has 1 heterocycles. The summed E-state index contributed by atoms with van der Waals surface area (Å²) in [6.45, 7) is 2.25. The Morgan fingerprint density at radius 1 is 1.29 bits per heavy atom. The van der Waals surface area contributed by atoms with Crippen molar-refractivity contribution >= 4 is 27.3 Å². The summed E-state index contributed by atoms with van der Waals surface area (Å²) in [5.74, 6) is 5.62. The molecular weight excluding hydrogens is 296 g/mol. The monoisotopic (exact) mass is 318 g/mol. The first-order valence-corrected chi connectivity index (χ1v) is 8.15. The first-order chi connectivity index (χ1) is 8.27. The van der Waals surface area contributed by atoms with E-state index in [2.05, 4.69) is 39.7 Å². The molecule has 1 unspecified atom stereocenters. The average molecular weight is 319 g/mol. The summed E-state index contributed by atoms with van der Waals surface area (Å²) in [4.78, 5) is 0. The highest BCUT2D eigenvalue weighted by molar-refractivity contribution is 9.11. The van der Waals surface area contributed by atoms with Gasteiger partial charge in [-0.05, 0) is 39.4 Å². The molecule has 0 bridgehead atoms. The van der Waals surface area contributed by atoms with Crippen molar-refractivity contribution in [1.82, 2.24) is 5.43 Å². The van der Waals surface area contributed by atoms with Gasteiger partial charge in [-0.2, -0.15) is 0 Å². The fourth-order valence-electron chi connectivity index (χ4n) is 1.98. The predicted molar refractivity (Wildman–Crippen MR) is 80.1 cm³/mol. The molecule has 4 heteroatoms. The van der Waals surface area contributed by atoms with Crippen molar-refractivity contribution in [2.24, 2.45) is 5.84 Å². The molecule has 1 atom stereocenters. The highest BCUT2D eigenvalue weighted by Gasteiger charge is 2.10. The molecule has 1 aromatic rings. The van der Waals surface area contributed by atoms with Gasteiger partial charge < -0.3 is 0 Å². The van der Waals surface area contributed by atoms with E-state index in [4.69, 9.17) is 5.84 Å². The summed E-state index contributed by atoms with van der Waals surface area (Å²) < 4.78 is 1.18. The number of hydrogen-bond acceptors (Lipinski definition) is 3. The van der Waals surface area contributed by atoms with Gasteiger partial charge in [-0.1, -0.05) is 45.4 Å². The number of nitrogens with two attached hydrogens (primary N) is 1. The molecule has 0 aliphatic carbocycles. The van der Waals surface area contributed by atoms with Gasteiger partial charge in [0.2, 0.25) is 0 Å². The molecule has 0 aromatic carbocycles. The van der Waals surface area contributed by atoms with E-state index in [0.717, 1.165) is 6.42 Å². The number of hydrogen-bond donors (Lipinski definition) is 2. The Hall–Kier alpha value is 0.100. The van der Waals surface area contributed by atoms with Crippen LogP contribution >= 0.6 is 27.3 Å². The molecule has 1 aromatic heterocycles. The summed E-state index contributed by atoms with van der Waals surface area (Å²) in [6, 6.07) is 2.47. The van der Waals surface area contributed by atoms with Gasteiger partial charge in [-0.3, -0.25) is 11.3 Å². The van der Waals surface area contributed by atoms with Crippen LogP contribution < -0.4 is 11.3 Å². The lowest BCUT2D eigenvalue weighted by molar-refractivity contribution is 0.478. The maximum absolute atomic E-state index is 5.62. The predicted octanol–water partition coefficient (Wildman–Crippen LogP) is 4.77. The van der Waals surface area contributed by atoms with Crippen molar-refractivity contribution in [3.63, 3.8) is 0 Å². The lowest BCUT2D eigenvalue weighted by Crippen LogP contribution is -2.27. The number of halogens is 1. The molecule has 2 nitrogen and oxygen atoms in total.